The number of aromatic amines is 1. The van der Waals surface area contributed by atoms with Gasteiger partial charge < -0.3 is 15.4 Å². The van der Waals surface area contributed by atoms with Crippen LogP contribution in [-0.2, 0) is 6.42 Å². The molecule has 3 aromatic heterocycles. The predicted octanol–water partition coefficient (Wildman–Crippen LogP) is 1.86. The summed E-state index contributed by atoms with van der Waals surface area (Å²) in [6.07, 6.45) is 4.10. The molecule has 2 atom stereocenters. The highest BCUT2D eigenvalue weighted by Crippen LogP contribution is 2.19. The number of pyridine rings is 1. The molecule has 2 unspecified atom stereocenters. The number of aromatic nitrogens is 5. The standard InChI is InChI=1S/C18H20N6O/c1-12(8-14-9-20-16-5-3-2-4-15(14)16)19-10-17(25)13-6-7-18-21-22-23-24(18)11-13/h2-7,9,11-12,17,19-20,25H,8,10H2,1H3. The highest BCUT2D eigenvalue weighted by Gasteiger charge is 2.13. The van der Waals surface area contributed by atoms with Crippen molar-refractivity contribution in [3.63, 3.8) is 0 Å². The molecule has 7 heteroatoms. The minimum absolute atomic E-state index is 0.241. The zero-order valence-corrected chi connectivity index (χ0v) is 13.9. The fraction of sp³-hybridized carbons (Fsp3) is 0.278. The number of rotatable bonds is 6. The van der Waals surface area contributed by atoms with Crippen molar-refractivity contribution in [1.82, 2.24) is 30.3 Å². The van der Waals surface area contributed by atoms with Gasteiger partial charge in [-0.25, -0.2) is 4.52 Å². The molecule has 0 aliphatic rings. The molecule has 0 radical (unpaired) electrons. The normalized spacial score (nSPS) is 14.2. The molecule has 128 valence electrons. The van der Waals surface area contributed by atoms with E-state index in [4.69, 9.17) is 0 Å². The fourth-order valence-corrected chi connectivity index (χ4v) is 3.09. The largest absolute Gasteiger partial charge is 0.387 e. The van der Waals surface area contributed by atoms with Crippen LogP contribution in [-0.4, -0.2) is 42.7 Å². The van der Waals surface area contributed by atoms with Gasteiger partial charge in [-0.15, -0.1) is 5.10 Å². The van der Waals surface area contributed by atoms with Crippen LogP contribution in [0.3, 0.4) is 0 Å². The van der Waals surface area contributed by atoms with E-state index in [1.54, 1.807) is 16.8 Å². The van der Waals surface area contributed by atoms with E-state index >= 15 is 0 Å². The number of fused-ring (bicyclic) bond motifs is 2. The average Bonchev–Trinajstić information content (AvgIpc) is 3.26. The molecule has 1 aromatic carbocycles. The van der Waals surface area contributed by atoms with Gasteiger partial charge in [0.25, 0.3) is 0 Å². The summed E-state index contributed by atoms with van der Waals surface area (Å²) in [7, 11) is 0. The van der Waals surface area contributed by atoms with Crippen LogP contribution in [0.4, 0.5) is 0 Å². The van der Waals surface area contributed by atoms with E-state index in [0.29, 0.717) is 12.2 Å². The number of hydrogen-bond donors (Lipinski definition) is 3. The molecule has 0 amide bonds. The first-order valence-corrected chi connectivity index (χ1v) is 8.35. The Hall–Kier alpha value is -2.77. The number of benzene rings is 1. The van der Waals surface area contributed by atoms with E-state index in [-0.39, 0.29) is 6.04 Å². The zero-order valence-electron chi connectivity index (χ0n) is 13.9. The van der Waals surface area contributed by atoms with Gasteiger partial charge in [-0.05, 0) is 41.5 Å². The minimum atomic E-state index is -0.612. The molecule has 3 N–H and O–H groups in total. The molecule has 25 heavy (non-hydrogen) atoms. The summed E-state index contributed by atoms with van der Waals surface area (Å²) in [5.74, 6) is 0. The fourth-order valence-electron chi connectivity index (χ4n) is 3.09. The lowest BCUT2D eigenvalue weighted by Crippen LogP contribution is -2.32. The maximum absolute atomic E-state index is 10.4. The lowest BCUT2D eigenvalue weighted by molar-refractivity contribution is 0.170. The maximum atomic E-state index is 10.4. The first-order chi connectivity index (χ1) is 12.2. The smallest absolute Gasteiger partial charge is 0.179 e. The number of hydrogen-bond acceptors (Lipinski definition) is 5. The molecule has 0 aliphatic carbocycles. The number of aliphatic hydroxyl groups is 1. The van der Waals surface area contributed by atoms with E-state index in [1.165, 1.54) is 10.9 Å². The number of tetrazole rings is 1. The van der Waals surface area contributed by atoms with Crippen LogP contribution in [0.25, 0.3) is 16.6 Å². The molecule has 0 bridgehead atoms. The lowest BCUT2D eigenvalue weighted by Gasteiger charge is -2.17. The van der Waals surface area contributed by atoms with Gasteiger partial charge in [0.1, 0.15) is 0 Å². The van der Waals surface area contributed by atoms with E-state index in [2.05, 4.69) is 57.1 Å². The Kier molecular flexibility index (Phi) is 4.17. The van der Waals surface area contributed by atoms with Crippen LogP contribution in [0.15, 0.2) is 48.8 Å². The number of H-pyrrole nitrogens is 1. The zero-order chi connectivity index (χ0) is 17.2. The number of aliphatic hydroxyl groups excluding tert-OH is 1. The summed E-state index contributed by atoms with van der Waals surface area (Å²) < 4.78 is 1.56. The highest BCUT2D eigenvalue weighted by atomic mass is 16.3. The van der Waals surface area contributed by atoms with Crippen molar-refractivity contribution in [2.75, 3.05) is 6.54 Å². The van der Waals surface area contributed by atoms with Crippen molar-refractivity contribution >= 4 is 16.6 Å². The first-order valence-electron chi connectivity index (χ1n) is 8.35. The summed E-state index contributed by atoms with van der Waals surface area (Å²) in [4.78, 5) is 3.30. The number of nitrogens with zero attached hydrogens (tertiary/aromatic N) is 4. The van der Waals surface area contributed by atoms with Gasteiger partial charge in [0.05, 0.1) is 6.10 Å². The quantitative estimate of drug-likeness (QED) is 0.500. The first kappa shape index (κ1) is 15.7. The molecule has 0 saturated heterocycles. The van der Waals surface area contributed by atoms with E-state index in [0.717, 1.165) is 17.5 Å². The monoisotopic (exact) mass is 336 g/mol. The van der Waals surface area contributed by atoms with Crippen LogP contribution >= 0.6 is 0 Å². The second kappa shape index (κ2) is 6.62. The lowest BCUT2D eigenvalue weighted by atomic mass is 10.1. The third-order valence-electron chi connectivity index (χ3n) is 4.46. The Morgan fingerprint density at radius 2 is 2.12 bits per heavy atom. The SMILES string of the molecule is CC(Cc1c[nH]c2ccccc12)NCC(O)c1ccc2nnnn2c1. The van der Waals surface area contributed by atoms with Crippen molar-refractivity contribution < 1.29 is 5.11 Å². The minimum Gasteiger partial charge on any atom is -0.387 e. The van der Waals surface area contributed by atoms with Crippen molar-refractivity contribution in [2.24, 2.45) is 0 Å². The Labute approximate surface area is 144 Å². The molecular weight excluding hydrogens is 316 g/mol. The second-order valence-electron chi connectivity index (χ2n) is 6.33. The highest BCUT2D eigenvalue weighted by molar-refractivity contribution is 5.83. The molecule has 0 spiro atoms. The van der Waals surface area contributed by atoms with Gasteiger partial charge in [-0.3, -0.25) is 0 Å². The third kappa shape index (κ3) is 3.24. The molecule has 4 aromatic rings. The Morgan fingerprint density at radius 3 is 3.04 bits per heavy atom. The van der Waals surface area contributed by atoms with Gasteiger partial charge in [-0.1, -0.05) is 24.3 Å². The number of para-hydroxylation sites is 1. The topological polar surface area (TPSA) is 91.1 Å². The molecule has 3 heterocycles. The van der Waals surface area contributed by atoms with Crippen molar-refractivity contribution in [3.8, 4) is 0 Å². The van der Waals surface area contributed by atoms with Crippen molar-refractivity contribution in [2.45, 2.75) is 25.5 Å². The Balaban J connectivity index is 1.38. The van der Waals surface area contributed by atoms with Crippen LogP contribution in [0.5, 0.6) is 0 Å². The molecular formula is C18H20N6O. The summed E-state index contributed by atoms with van der Waals surface area (Å²) in [6.45, 7) is 2.59. The summed E-state index contributed by atoms with van der Waals surface area (Å²) in [5.41, 5.74) is 3.88. The van der Waals surface area contributed by atoms with E-state index in [1.807, 2.05) is 12.1 Å². The van der Waals surface area contributed by atoms with Crippen LogP contribution in [0, 0.1) is 0 Å². The average molecular weight is 336 g/mol. The van der Waals surface area contributed by atoms with Gasteiger partial charge in [0.15, 0.2) is 5.65 Å². The molecule has 4 rings (SSSR count). The summed E-state index contributed by atoms with van der Waals surface area (Å²) >= 11 is 0. The number of nitrogens with one attached hydrogen (secondary N) is 2. The predicted molar refractivity (Wildman–Crippen MR) is 95.2 cm³/mol. The third-order valence-corrected chi connectivity index (χ3v) is 4.46. The van der Waals surface area contributed by atoms with E-state index < -0.39 is 6.10 Å². The van der Waals surface area contributed by atoms with Crippen LogP contribution in [0.1, 0.15) is 24.2 Å². The molecule has 0 aliphatic heterocycles. The Bertz CT molecular complexity index is 991. The van der Waals surface area contributed by atoms with Gasteiger partial charge in [0, 0.05) is 41.4 Å². The van der Waals surface area contributed by atoms with Crippen molar-refractivity contribution in [1.29, 1.82) is 0 Å². The maximum Gasteiger partial charge on any atom is 0.179 e. The van der Waals surface area contributed by atoms with Crippen LogP contribution < -0.4 is 5.32 Å². The van der Waals surface area contributed by atoms with Gasteiger partial charge in [-0.2, -0.15) is 0 Å². The van der Waals surface area contributed by atoms with E-state index in [9.17, 15) is 5.11 Å². The summed E-state index contributed by atoms with van der Waals surface area (Å²) in [6, 6.07) is 12.2. The van der Waals surface area contributed by atoms with Gasteiger partial charge >= 0.3 is 0 Å². The molecule has 7 nitrogen and oxygen atoms in total. The molecule has 0 fully saturated rings. The second-order valence-corrected chi connectivity index (χ2v) is 6.33. The molecule has 0 saturated carbocycles. The van der Waals surface area contributed by atoms with Crippen LogP contribution in [0.2, 0.25) is 0 Å². The Morgan fingerprint density at radius 1 is 1.24 bits per heavy atom. The van der Waals surface area contributed by atoms with Gasteiger partial charge in [0.2, 0.25) is 0 Å². The summed E-state index contributed by atoms with van der Waals surface area (Å²) in [5, 5.41) is 26.4. The van der Waals surface area contributed by atoms with Crippen molar-refractivity contribution in [3.05, 3.63) is 59.9 Å².